The fraction of sp³-hybridized carbons (Fsp3) is 0.235. The van der Waals surface area contributed by atoms with Crippen LogP contribution in [-0.2, 0) is 21.0 Å². The van der Waals surface area contributed by atoms with Crippen molar-refractivity contribution in [3.05, 3.63) is 119 Å². The summed E-state index contributed by atoms with van der Waals surface area (Å²) in [7, 11) is -3.81. The van der Waals surface area contributed by atoms with Gasteiger partial charge >= 0.3 is 12.1 Å². The zero-order valence-electron chi connectivity index (χ0n) is 24.6. The van der Waals surface area contributed by atoms with E-state index in [-0.39, 0.29) is 28.4 Å². The maximum Gasteiger partial charge on any atom is 0.410 e. The second-order valence-electron chi connectivity index (χ2n) is 11.3. The van der Waals surface area contributed by atoms with E-state index in [0.717, 1.165) is 5.56 Å². The van der Waals surface area contributed by atoms with Crippen molar-refractivity contribution in [2.45, 2.75) is 48.7 Å². The van der Waals surface area contributed by atoms with E-state index < -0.39 is 33.6 Å². The molecule has 0 aliphatic carbocycles. The maximum absolute atomic E-state index is 13.3. The summed E-state index contributed by atoms with van der Waals surface area (Å²) in [6.07, 6.45) is -1.16. The van der Waals surface area contributed by atoms with Gasteiger partial charge in [-0.3, -0.25) is 0 Å². The molecule has 4 aromatic carbocycles. The number of ether oxygens (including phenoxy) is 1. The van der Waals surface area contributed by atoms with Crippen molar-refractivity contribution in [3.8, 4) is 11.1 Å². The highest BCUT2D eigenvalue weighted by atomic mass is 35.5. The first-order chi connectivity index (χ1) is 20.7. The van der Waals surface area contributed by atoms with Crippen LogP contribution >= 0.6 is 11.6 Å². The Kier molecular flexibility index (Phi) is 10.1. The number of carbonyl (C=O) groups is 2. The van der Waals surface area contributed by atoms with Crippen LogP contribution in [0.4, 0.5) is 4.79 Å². The van der Waals surface area contributed by atoms with Crippen molar-refractivity contribution in [1.29, 1.82) is 0 Å². The van der Waals surface area contributed by atoms with E-state index >= 15 is 0 Å². The lowest BCUT2D eigenvalue weighted by atomic mass is 10.0. The summed E-state index contributed by atoms with van der Waals surface area (Å²) >= 11 is 6.07. The lowest BCUT2D eigenvalue weighted by molar-refractivity contribution is 0.0147. The Morgan fingerprint density at radius 3 is 2.07 bits per heavy atom. The number of hydrogen-bond acceptors (Lipinski definition) is 6. The normalized spacial score (nSPS) is 12.4. The molecule has 4 rings (SSSR count). The van der Waals surface area contributed by atoms with Crippen LogP contribution in [0.3, 0.4) is 0 Å². The third-order valence-corrected chi connectivity index (χ3v) is 8.81. The molecule has 0 spiro atoms. The highest BCUT2D eigenvalue weighted by Gasteiger charge is 2.25. The van der Waals surface area contributed by atoms with E-state index in [1.165, 1.54) is 41.3 Å². The van der Waals surface area contributed by atoms with Crippen LogP contribution in [0, 0.1) is 0 Å². The van der Waals surface area contributed by atoms with Gasteiger partial charge in [0.2, 0.25) is 9.84 Å². The first-order valence-electron chi connectivity index (χ1n) is 13.9. The zero-order chi connectivity index (χ0) is 32.1. The van der Waals surface area contributed by atoms with Crippen molar-refractivity contribution in [3.63, 3.8) is 0 Å². The summed E-state index contributed by atoms with van der Waals surface area (Å²) in [6.45, 7) is 5.50. The number of rotatable bonds is 10. The van der Waals surface area contributed by atoms with E-state index in [4.69, 9.17) is 16.3 Å². The SMILES string of the molecule is CC(C)(C)OC(=O)N(CCc1ccc(S(=O)(=O)c2ccc(-c3cccc(C(=O)O)c3)cc2)cc1)C[C@H](O)c1cccc(Cl)c1. The molecule has 2 N–H and O–H groups in total. The summed E-state index contributed by atoms with van der Waals surface area (Å²) in [5.74, 6) is -1.04. The van der Waals surface area contributed by atoms with Gasteiger partial charge in [0.15, 0.2) is 0 Å². The van der Waals surface area contributed by atoms with Crippen LogP contribution in [0.5, 0.6) is 0 Å². The number of nitrogens with zero attached hydrogens (tertiary/aromatic N) is 1. The second-order valence-corrected chi connectivity index (χ2v) is 13.7. The van der Waals surface area contributed by atoms with Crippen LogP contribution in [0.25, 0.3) is 11.1 Å². The minimum absolute atomic E-state index is 0.0156. The molecule has 0 aromatic heterocycles. The molecule has 0 fully saturated rings. The van der Waals surface area contributed by atoms with Crippen LogP contribution in [0.1, 0.15) is 48.4 Å². The molecule has 0 saturated carbocycles. The van der Waals surface area contributed by atoms with Crippen molar-refractivity contribution in [1.82, 2.24) is 4.90 Å². The first kappa shape index (κ1) is 32.7. The zero-order valence-corrected chi connectivity index (χ0v) is 26.2. The molecule has 0 aliphatic heterocycles. The van der Waals surface area contributed by atoms with Gasteiger partial charge in [-0.05, 0) is 98.0 Å². The molecule has 0 aliphatic rings. The summed E-state index contributed by atoms with van der Waals surface area (Å²) in [5.41, 5.74) is 2.14. The number of aliphatic hydroxyl groups is 1. The summed E-state index contributed by atoms with van der Waals surface area (Å²) in [5, 5.41) is 20.5. The number of carboxylic acid groups (broad SMARTS) is 1. The van der Waals surface area contributed by atoms with Gasteiger partial charge in [0.1, 0.15) is 5.60 Å². The minimum atomic E-state index is -3.81. The molecule has 8 nitrogen and oxygen atoms in total. The fourth-order valence-electron chi connectivity index (χ4n) is 4.51. The topological polar surface area (TPSA) is 121 Å². The lowest BCUT2D eigenvalue weighted by Crippen LogP contribution is -2.40. The highest BCUT2D eigenvalue weighted by Crippen LogP contribution is 2.27. The van der Waals surface area contributed by atoms with Crippen molar-refractivity contribution in [2.75, 3.05) is 13.1 Å². The number of amides is 1. The van der Waals surface area contributed by atoms with E-state index in [1.54, 1.807) is 81.4 Å². The van der Waals surface area contributed by atoms with Gasteiger partial charge < -0.3 is 19.8 Å². The van der Waals surface area contributed by atoms with E-state index in [0.29, 0.717) is 28.1 Å². The summed E-state index contributed by atoms with van der Waals surface area (Å²) in [4.78, 5) is 25.9. The Labute approximate surface area is 262 Å². The van der Waals surface area contributed by atoms with Crippen LogP contribution < -0.4 is 0 Å². The Bertz CT molecular complexity index is 1730. The van der Waals surface area contributed by atoms with E-state index in [2.05, 4.69) is 0 Å². The van der Waals surface area contributed by atoms with Crippen LogP contribution in [-0.4, -0.2) is 54.3 Å². The van der Waals surface area contributed by atoms with Crippen LogP contribution in [0.15, 0.2) is 107 Å². The predicted octanol–water partition coefficient (Wildman–Crippen LogP) is 7.05. The average Bonchev–Trinajstić information content (AvgIpc) is 2.98. The van der Waals surface area contributed by atoms with Crippen LogP contribution in [0.2, 0.25) is 5.02 Å². The Morgan fingerprint density at radius 2 is 1.48 bits per heavy atom. The Hall–Kier alpha value is -4.18. The monoisotopic (exact) mass is 635 g/mol. The lowest BCUT2D eigenvalue weighted by Gasteiger charge is -2.29. The predicted molar refractivity (Wildman–Crippen MR) is 169 cm³/mol. The smallest absolute Gasteiger partial charge is 0.410 e. The molecular weight excluding hydrogens is 602 g/mol. The van der Waals surface area contributed by atoms with Gasteiger partial charge in [-0.25, -0.2) is 18.0 Å². The van der Waals surface area contributed by atoms with Crippen molar-refractivity contribution < 1.29 is 33.0 Å². The largest absolute Gasteiger partial charge is 0.478 e. The third kappa shape index (κ3) is 8.47. The molecule has 0 saturated heterocycles. The van der Waals surface area contributed by atoms with Gasteiger partial charge in [0.25, 0.3) is 0 Å². The van der Waals surface area contributed by atoms with Crippen molar-refractivity contribution in [2.24, 2.45) is 0 Å². The molecule has 10 heteroatoms. The summed E-state index contributed by atoms with van der Waals surface area (Å²) in [6, 6.07) is 25.9. The summed E-state index contributed by atoms with van der Waals surface area (Å²) < 4.78 is 32.2. The molecule has 44 heavy (non-hydrogen) atoms. The highest BCUT2D eigenvalue weighted by molar-refractivity contribution is 7.91. The number of carboxylic acids is 1. The average molecular weight is 636 g/mol. The second kappa shape index (κ2) is 13.6. The van der Waals surface area contributed by atoms with Gasteiger partial charge in [0, 0.05) is 11.6 Å². The molecule has 1 atom stereocenters. The number of benzene rings is 4. The number of carbonyl (C=O) groups excluding carboxylic acids is 1. The molecule has 0 unspecified atom stereocenters. The van der Waals surface area contributed by atoms with Gasteiger partial charge in [-0.15, -0.1) is 0 Å². The fourth-order valence-corrected chi connectivity index (χ4v) is 5.97. The Morgan fingerprint density at radius 1 is 0.864 bits per heavy atom. The molecule has 0 heterocycles. The first-order valence-corrected chi connectivity index (χ1v) is 15.8. The quantitative estimate of drug-likeness (QED) is 0.191. The third-order valence-electron chi connectivity index (χ3n) is 6.79. The molecule has 4 aromatic rings. The number of hydrogen-bond donors (Lipinski definition) is 2. The van der Waals surface area contributed by atoms with Crippen molar-refractivity contribution >= 4 is 33.5 Å². The molecule has 0 bridgehead atoms. The van der Waals surface area contributed by atoms with E-state index in [9.17, 15) is 28.2 Å². The number of sulfone groups is 1. The number of halogens is 1. The van der Waals surface area contributed by atoms with Gasteiger partial charge in [-0.1, -0.05) is 60.1 Å². The Balaban J connectivity index is 1.46. The van der Waals surface area contributed by atoms with Gasteiger partial charge in [-0.2, -0.15) is 0 Å². The number of aromatic carboxylic acids is 1. The maximum atomic E-state index is 13.3. The molecule has 1 amide bonds. The molecule has 230 valence electrons. The minimum Gasteiger partial charge on any atom is -0.478 e. The standard InChI is InChI=1S/C34H34ClNO7S/c1-34(2,3)43-33(40)36(22-31(37)26-7-5-9-28(35)21-26)19-18-23-10-14-29(15-11-23)44(41,42)30-16-12-24(13-17-30)25-6-4-8-27(20-25)32(38)39/h4-17,20-21,31,37H,18-19,22H2,1-3H3,(H,38,39)/t31-/m0/s1. The van der Waals surface area contributed by atoms with E-state index in [1.807, 2.05) is 0 Å². The number of aliphatic hydroxyl groups excluding tert-OH is 1. The molecule has 0 radical (unpaired) electrons. The molecular formula is C34H34ClNO7S. The van der Waals surface area contributed by atoms with Gasteiger partial charge in [0.05, 0.1) is 28.0 Å².